The van der Waals surface area contributed by atoms with Gasteiger partial charge in [0.05, 0.1) is 10.4 Å². The number of aldehydes is 1. The van der Waals surface area contributed by atoms with Crippen LogP contribution in [0.5, 0.6) is 5.75 Å². The number of phenolic OH excluding ortho intramolecular Hbond substituents is 1. The number of benzene rings is 2. The number of halogens is 1. The van der Waals surface area contributed by atoms with Crippen LogP contribution >= 0.6 is 11.3 Å². The van der Waals surface area contributed by atoms with Crippen LogP contribution in [0.25, 0.3) is 21.0 Å². The Morgan fingerprint density at radius 2 is 1.85 bits per heavy atom. The molecule has 1 saturated heterocycles. The van der Waals surface area contributed by atoms with Gasteiger partial charge in [0, 0.05) is 30.5 Å². The van der Waals surface area contributed by atoms with Gasteiger partial charge in [-0.05, 0) is 42.7 Å². The van der Waals surface area contributed by atoms with Gasteiger partial charge in [-0.3, -0.25) is 4.79 Å². The maximum absolute atomic E-state index is 13.8. The zero-order chi connectivity index (χ0) is 18.1. The third kappa shape index (κ3) is 3.08. The Labute approximate surface area is 154 Å². The molecule has 2 aromatic carbocycles. The van der Waals surface area contributed by atoms with Gasteiger partial charge in [0.2, 0.25) is 0 Å². The summed E-state index contributed by atoms with van der Waals surface area (Å²) in [6.07, 6.45) is 4.67. The van der Waals surface area contributed by atoms with E-state index in [9.17, 15) is 14.3 Å². The molecular weight excluding hydrogens is 351 g/mol. The van der Waals surface area contributed by atoms with E-state index in [0.717, 1.165) is 23.5 Å². The van der Waals surface area contributed by atoms with E-state index < -0.39 is 11.6 Å². The summed E-state index contributed by atoms with van der Waals surface area (Å²) in [5.41, 5.74) is 2.68. The fraction of sp³-hybridized carbons (Fsp3) is 0.200. The first-order chi connectivity index (χ1) is 12.7. The summed E-state index contributed by atoms with van der Waals surface area (Å²) in [6.45, 7) is 2.21. The molecule has 1 N–H and O–H groups in total. The first-order valence-electron chi connectivity index (χ1n) is 8.45. The Bertz CT molecular complexity index is 947. The highest BCUT2D eigenvalue weighted by Crippen LogP contribution is 2.35. The molecule has 1 aliphatic heterocycles. The summed E-state index contributed by atoms with van der Waals surface area (Å²) in [5.74, 6) is -1.45. The molecule has 26 heavy (non-hydrogen) atoms. The highest BCUT2D eigenvalue weighted by atomic mass is 32.1. The molecule has 4 rings (SSSR count). The second kappa shape index (κ2) is 6.88. The summed E-state index contributed by atoms with van der Waals surface area (Å²) < 4.78 is 13.8. The lowest BCUT2D eigenvalue weighted by Gasteiger charge is -2.17. The van der Waals surface area contributed by atoms with Crippen LogP contribution in [0.1, 0.15) is 23.2 Å². The Hall–Kier alpha value is -2.73. The quantitative estimate of drug-likeness (QED) is 0.676. The minimum absolute atomic E-state index is 0.0771. The molecule has 0 aliphatic carbocycles. The normalized spacial score (nSPS) is 14.0. The molecule has 1 aliphatic rings. The van der Waals surface area contributed by atoms with Gasteiger partial charge in [-0.2, -0.15) is 0 Å². The van der Waals surface area contributed by atoms with Crippen molar-refractivity contribution in [3.05, 3.63) is 54.0 Å². The maximum atomic E-state index is 13.8. The largest absolute Gasteiger partial charge is 0.504 e. The molecule has 4 nitrogen and oxygen atoms in total. The molecule has 0 radical (unpaired) electrons. The van der Waals surface area contributed by atoms with Crippen LogP contribution in [0.2, 0.25) is 0 Å². The van der Waals surface area contributed by atoms with Gasteiger partial charge in [0.25, 0.3) is 0 Å². The lowest BCUT2D eigenvalue weighted by molar-refractivity contribution is 0.112. The Balaban J connectivity index is 1.62. The van der Waals surface area contributed by atoms with Crippen molar-refractivity contribution in [2.75, 3.05) is 18.0 Å². The van der Waals surface area contributed by atoms with Crippen molar-refractivity contribution in [3.63, 3.8) is 0 Å². The van der Waals surface area contributed by atoms with Crippen LogP contribution in [0.15, 0.2) is 42.6 Å². The molecular formula is C20H17FN2O2S. The Morgan fingerprint density at radius 1 is 1.12 bits per heavy atom. The highest BCUT2D eigenvalue weighted by molar-refractivity contribution is 7.18. The molecule has 2 heterocycles. The van der Waals surface area contributed by atoms with E-state index in [1.807, 2.05) is 0 Å². The maximum Gasteiger partial charge on any atom is 0.166 e. The predicted molar refractivity (Wildman–Crippen MR) is 101 cm³/mol. The monoisotopic (exact) mass is 368 g/mol. The minimum Gasteiger partial charge on any atom is -0.504 e. The first kappa shape index (κ1) is 16.7. The second-order valence-electron chi connectivity index (χ2n) is 6.28. The number of hydrogen-bond donors (Lipinski definition) is 1. The molecule has 0 spiro atoms. The van der Waals surface area contributed by atoms with Gasteiger partial charge in [-0.1, -0.05) is 12.1 Å². The van der Waals surface area contributed by atoms with Gasteiger partial charge in [-0.25, -0.2) is 9.37 Å². The van der Waals surface area contributed by atoms with Crippen molar-refractivity contribution in [2.24, 2.45) is 0 Å². The Morgan fingerprint density at radius 3 is 2.54 bits per heavy atom. The SMILES string of the molecule is O=Cc1cc(-c2ncc(-c3ccc(N4CCCC4)cc3)s2)cc(F)c1O. The van der Waals surface area contributed by atoms with Crippen molar-refractivity contribution < 1.29 is 14.3 Å². The molecule has 132 valence electrons. The summed E-state index contributed by atoms with van der Waals surface area (Å²) >= 11 is 1.42. The number of hydrogen-bond acceptors (Lipinski definition) is 5. The standard InChI is InChI=1S/C20H17FN2O2S/c21-17-10-14(9-15(12-24)19(17)25)20-22-11-18(26-20)13-3-5-16(6-4-13)23-7-1-2-8-23/h3-6,9-12,25H,1-2,7-8H2. The third-order valence-corrected chi connectivity index (χ3v) is 5.69. The van der Waals surface area contributed by atoms with E-state index in [-0.39, 0.29) is 5.56 Å². The number of thiazole rings is 1. The second-order valence-corrected chi connectivity index (χ2v) is 7.32. The number of rotatable bonds is 4. The van der Waals surface area contributed by atoms with E-state index in [0.29, 0.717) is 16.9 Å². The van der Waals surface area contributed by atoms with Gasteiger partial charge in [0.1, 0.15) is 5.01 Å². The molecule has 0 bridgehead atoms. The van der Waals surface area contributed by atoms with Crippen molar-refractivity contribution in [1.82, 2.24) is 4.98 Å². The molecule has 0 atom stereocenters. The Kier molecular flexibility index (Phi) is 4.42. The summed E-state index contributed by atoms with van der Waals surface area (Å²) in [4.78, 5) is 18.7. The predicted octanol–water partition coefficient (Wildman–Crippen LogP) is 4.73. The van der Waals surface area contributed by atoms with Crippen LogP contribution in [-0.4, -0.2) is 29.5 Å². The number of aromatic nitrogens is 1. The summed E-state index contributed by atoms with van der Waals surface area (Å²) in [6, 6.07) is 11.0. The molecule has 1 aromatic heterocycles. The number of carbonyl (C=O) groups is 1. The third-order valence-electron chi connectivity index (χ3n) is 4.60. The van der Waals surface area contributed by atoms with Crippen molar-refractivity contribution in [2.45, 2.75) is 12.8 Å². The van der Waals surface area contributed by atoms with Gasteiger partial charge in [-0.15, -0.1) is 11.3 Å². The number of aromatic hydroxyl groups is 1. The van der Waals surface area contributed by atoms with Crippen molar-refractivity contribution >= 4 is 23.3 Å². The van der Waals surface area contributed by atoms with E-state index in [1.54, 1.807) is 6.20 Å². The molecule has 0 unspecified atom stereocenters. The highest BCUT2D eigenvalue weighted by Gasteiger charge is 2.15. The van der Waals surface area contributed by atoms with Crippen LogP contribution in [-0.2, 0) is 0 Å². The van der Waals surface area contributed by atoms with Gasteiger partial charge < -0.3 is 10.0 Å². The van der Waals surface area contributed by atoms with Crippen LogP contribution in [0, 0.1) is 5.82 Å². The molecule has 0 saturated carbocycles. The zero-order valence-corrected chi connectivity index (χ0v) is 14.8. The van der Waals surface area contributed by atoms with Gasteiger partial charge >= 0.3 is 0 Å². The smallest absolute Gasteiger partial charge is 0.166 e. The van der Waals surface area contributed by atoms with Crippen molar-refractivity contribution in [3.8, 4) is 26.8 Å². The summed E-state index contributed by atoms with van der Waals surface area (Å²) in [5, 5.41) is 10.1. The number of anilines is 1. The summed E-state index contributed by atoms with van der Waals surface area (Å²) in [7, 11) is 0. The van der Waals surface area contributed by atoms with E-state index >= 15 is 0 Å². The van der Waals surface area contributed by atoms with E-state index in [1.165, 1.54) is 42.0 Å². The lowest BCUT2D eigenvalue weighted by Crippen LogP contribution is -2.17. The molecule has 6 heteroatoms. The zero-order valence-electron chi connectivity index (χ0n) is 14.0. The fourth-order valence-corrected chi connectivity index (χ4v) is 4.10. The average Bonchev–Trinajstić information content (AvgIpc) is 3.36. The first-order valence-corrected chi connectivity index (χ1v) is 9.26. The molecule has 0 amide bonds. The molecule has 1 fully saturated rings. The van der Waals surface area contributed by atoms with Crippen LogP contribution < -0.4 is 4.90 Å². The van der Waals surface area contributed by atoms with Gasteiger partial charge in [0.15, 0.2) is 17.9 Å². The van der Waals surface area contributed by atoms with E-state index in [2.05, 4.69) is 34.1 Å². The number of carbonyl (C=O) groups excluding carboxylic acids is 1. The number of nitrogens with zero attached hydrogens (tertiary/aromatic N) is 2. The minimum atomic E-state index is -0.823. The fourth-order valence-electron chi connectivity index (χ4n) is 3.19. The lowest BCUT2D eigenvalue weighted by atomic mass is 10.1. The van der Waals surface area contributed by atoms with Crippen molar-refractivity contribution in [1.29, 1.82) is 0 Å². The average molecular weight is 368 g/mol. The topological polar surface area (TPSA) is 53.4 Å². The van der Waals surface area contributed by atoms with Crippen LogP contribution in [0.4, 0.5) is 10.1 Å². The van der Waals surface area contributed by atoms with E-state index in [4.69, 9.17) is 0 Å². The number of phenols is 1. The molecule has 3 aromatic rings. The van der Waals surface area contributed by atoms with Crippen LogP contribution in [0.3, 0.4) is 0 Å².